The third kappa shape index (κ3) is 12.2. The van der Waals surface area contributed by atoms with Gasteiger partial charge in [-0.15, -0.1) is 0 Å². The second kappa shape index (κ2) is 14.2. The molecule has 29 heavy (non-hydrogen) atoms. The van der Waals surface area contributed by atoms with E-state index in [1.807, 2.05) is 0 Å². The average Bonchev–Trinajstić information content (AvgIpc) is 2.64. The van der Waals surface area contributed by atoms with Crippen LogP contribution in [0.4, 0.5) is 0 Å². The molecule has 0 aromatic heterocycles. The maximum Gasteiger partial charge on any atom is 0.243 e. The minimum Gasteiger partial charge on any atom is -0.370 e. The van der Waals surface area contributed by atoms with Crippen molar-refractivity contribution in [1.82, 2.24) is 10.6 Å². The summed E-state index contributed by atoms with van der Waals surface area (Å²) < 4.78 is 0. The van der Waals surface area contributed by atoms with E-state index < -0.39 is 29.9 Å². The highest BCUT2D eigenvalue weighted by Crippen LogP contribution is 2.05. The van der Waals surface area contributed by atoms with Crippen LogP contribution < -0.4 is 39.3 Å². The zero-order valence-corrected chi connectivity index (χ0v) is 17.1. The lowest BCUT2D eigenvalue weighted by atomic mass is 10.0. The number of carbonyl (C=O) groups is 3. The van der Waals surface area contributed by atoms with E-state index in [9.17, 15) is 14.4 Å². The fourth-order valence-corrected chi connectivity index (χ4v) is 2.41. The van der Waals surface area contributed by atoms with E-state index >= 15 is 0 Å². The number of carbonyl (C=O) groups excluding carboxylic acids is 3. The summed E-state index contributed by atoms with van der Waals surface area (Å²) in [5.74, 6) is -1.18. The number of hydrogen-bond acceptors (Lipinski definition) is 6. The maximum absolute atomic E-state index is 12.5. The van der Waals surface area contributed by atoms with Gasteiger partial charge in [0.2, 0.25) is 11.8 Å². The zero-order chi connectivity index (χ0) is 22.4. The Labute approximate surface area is 171 Å². The molecule has 0 aromatic carbocycles. The van der Waals surface area contributed by atoms with Crippen LogP contribution >= 0.6 is 0 Å². The number of nitrogens with zero attached hydrogens (tertiary/aromatic N) is 2. The van der Waals surface area contributed by atoms with Gasteiger partial charge >= 0.3 is 0 Å². The summed E-state index contributed by atoms with van der Waals surface area (Å²) in [5.41, 5.74) is 26.8. The molecular formula is C17H35N9O3. The second-order valence-electron chi connectivity index (χ2n) is 6.99. The van der Waals surface area contributed by atoms with Gasteiger partial charge in [-0.1, -0.05) is 13.8 Å². The Morgan fingerprint density at radius 1 is 0.897 bits per heavy atom. The Morgan fingerprint density at radius 3 is 1.86 bits per heavy atom. The van der Waals surface area contributed by atoms with Crippen LogP contribution in [0.1, 0.15) is 39.5 Å². The molecule has 3 atom stereocenters. The zero-order valence-electron chi connectivity index (χ0n) is 17.1. The molecule has 0 fully saturated rings. The van der Waals surface area contributed by atoms with Crippen LogP contribution in [0.25, 0.3) is 0 Å². The molecule has 166 valence electrons. The molecule has 2 amide bonds. The van der Waals surface area contributed by atoms with Gasteiger partial charge in [0.25, 0.3) is 0 Å². The summed E-state index contributed by atoms with van der Waals surface area (Å²) >= 11 is 0. The summed E-state index contributed by atoms with van der Waals surface area (Å²) in [5, 5.41) is 5.27. The molecule has 12 heteroatoms. The number of aliphatic imine (C=N–C) groups is 2. The third-order valence-corrected chi connectivity index (χ3v) is 4.01. The van der Waals surface area contributed by atoms with Gasteiger partial charge in [0, 0.05) is 13.1 Å². The van der Waals surface area contributed by atoms with Crippen LogP contribution in [0, 0.1) is 5.92 Å². The van der Waals surface area contributed by atoms with Crippen molar-refractivity contribution < 1.29 is 14.4 Å². The van der Waals surface area contributed by atoms with Gasteiger partial charge in [-0.05, 0) is 31.6 Å². The molecule has 0 aliphatic heterocycles. The first-order valence-corrected chi connectivity index (χ1v) is 9.50. The summed E-state index contributed by atoms with van der Waals surface area (Å²) in [7, 11) is 0. The second-order valence-corrected chi connectivity index (χ2v) is 6.99. The van der Waals surface area contributed by atoms with E-state index in [4.69, 9.17) is 28.7 Å². The standard InChI is InChI=1S/C17H35N9O3/c1-10(2)13(26-14(28)12(18)6-4-8-24-17(21)22)15(29)25-11(9-27)5-3-7-23-16(19)20/h9-13H,3-8,18H2,1-2H3,(H,25,29)(H,26,28)(H4,19,20,23)(H4,21,22,24)/t11-,12-,13-/m0/s1. The fraction of sp³-hybridized carbons (Fsp3) is 0.706. The van der Waals surface area contributed by atoms with Crippen LogP contribution in [-0.2, 0) is 14.4 Å². The van der Waals surface area contributed by atoms with Crippen LogP contribution in [0.2, 0.25) is 0 Å². The minimum atomic E-state index is -0.827. The quantitative estimate of drug-likeness (QED) is 0.0680. The van der Waals surface area contributed by atoms with Crippen molar-refractivity contribution in [3.8, 4) is 0 Å². The van der Waals surface area contributed by atoms with E-state index in [1.54, 1.807) is 13.8 Å². The van der Waals surface area contributed by atoms with Gasteiger partial charge in [0.1, 0.15) is 12.3 Å². The monoisotopic (exact) mass is 413 g/mol. The third-order valence-electron chi connectivity index (χ3n) is 4.01. The van der Waals surface area contributed by atoms with Gasteiger partial charge in [-0.3, -0.25) is 19.6 Å². The highest BCUT2D eigenvalue weighted by atomic mass is 16.2. The molecule has 0 rings (SSSR count). The minimum absolute atomic E-state index is 0.0254. The molecule has 0 aromatic rings. The number of aldehydes is 1. The van der Waals surface area contributed by atoms with Crippen molar-refractivity contribution in [2.75, 3.05) is 13.1 Å². The van der Waals surface area contributed by atoms with Crippen LogP contribution in [0.15, 0.2) is 9.98 Å². The first-order valence-electron chi connectivity index (χ1n) is 9.50. The van der Waals surface area contributed by atoms with E-state index in [2.05, 4.69) is 20.6 Å². The molecule has 0 heterocycles. The molecule has 0 saturated carbocycles. The lowest BCUT2D eigenvalue weighted by Crippen LogP contribution is -2.55. The van der Waals surface area contributed by atoms with Gasteiger partial charge in [-0.2, -0.15) is 0 Å². The van der Waals surface area contributed by atoms with Crippen molar-refractivity contribution in [3.05, 3.63) is 0 Å². The molecule has 0 saturated heterocycles. The molecule has 0 bridgehead atoms. The largest absolute Gasteiger partial charge is 0.370 e. The number of rotatable bonds is 14. The molecule has 0 spiro atoms. The van der Waals surface area contributed by atoms with Gasteiger partial charge < -0.3 is 44.1 Å². The molecule has 0 radical (unpaired) electrons. The molecule has 0 aliphatic carbocycles. The van der Waals surface area contributed by atoms with Crippen molar-refractivity contribution in [2.24, 2.45) is 44.6 Å². The summed E-state index contributed by atoms with van der Waals surface area (Å²) in [6.45, 7) is 4.27. The Bertz CT molecular complexity index is 585. The number of hydrogen-bond donors (Lipinski definition) is 7. The van der Waals surface area contributed by atoms with Crippen molar-refractivity contribution in [2.45, 2.75) is 57.7 Å². The van der Waals surface area contributed by atoms with Gasteiger partial charge in [-0.25, -0.2) is 0 Å². The number of guanidine groups is 2. The molecular weight excluding hydrogens is 378 g/mol. The smallest absolute Gasteiger partial charge is 0.243 e. The van der Waals surface area contributed by atoms with Gasteiger partial charge in [0.15, 0.2) is 11.9 Å². The van der Waals surface area contributed by atoms with Crippen molar-refractivity contribution >= 4 is 30.0 Å². The number of nitrogens with two attached hydrogens (primary N) is 5. The summed E-state index contributed by atoms with van der Waals surface area (Å²) in [6, 6.07) is -2.34. The number of amides is 2. The van der Waals surface area contributed by atoms with Crippen molar-refractivity contribution in [1.29, 1.82) is 0 Å². The van der Waals surface area contributed by atoms with E-state index in [1.165, 1.54) is 0 Å². The SMILES string of the molecule is CC(C)[C@H](NC(=O)[C@@H](N)CCCN=C(N)N)C(=O)N[C@H](C=O)CCCN=C(N)N. The molecule has 0 unspecified atom stereocenters. The Balaban J connectivity index is 4.66. The molecule has 12 N–H and O–H groups in total. The number of nitrogens with one attached hydrogen (secondary N) is 2. The van der Waals surface area contributed by atoms with Gasteiger partial charge in [0.05, 0.1) is 12.1 Å². The van der Waals surface area contributed by atoms with Crippen LogP contribution in [0.5, 0.6) is 0 Å². The van der Waals surface area contributed by atoms with E-state index in [0.29, 0.717) is 45.1 Å². The predicted molar refractivity (Wildman–Crippen MR) is 113 cm³/mol. The molecule has 12 nitrogen and oxygen atoms in total. The normalized spacial score (nSPS) is 13.7. The Morgan fingerprint density at radius 2 is 1.41 bits per heavy atom. The lowest BCUT2D eigenvalue weighted by Gasteiger charge is -2.25. The van der Waals surface area contributed by atoms with Crippen molar-refractivity contribution in [3.63, 3.8) is 0 Å². The average molecular weight is 414 g/mol. The maximum atomic E-state index is 12.5. The summed E-state index contributed by atoms with van der Waals surface area (Å²) in [4.78, 5) is 43.8. The molecule has 0 aliphatic rings. The summed E-state index contributed by atoms with van der Waals surface area (Å²) in [6.07, 6.45) is 2.41. The van der Waals surface area contributed by atoms with E-state index in [-0.39, 0.29) is 17.8 Å². The highest BCUT2D eigenvalue weighted by molar-refractivity contribution is 5.91. The first-order chi connectivity index (χ1) is 13.6. The first kappa shape index (κ1) is 26.1. The Hall–Kier alpha value is -2.89. The highest BCUT2D eigenvalue weighted by Gasteiger charge is 2.27. The van der Waals surface area contributed by atoms with Crippen LogP contribution in [-0.4, -0.2) is 61.2 Å². The lowest BCUT2D eigenvalue weighted by molar-refractivity contribution is -0.131. The predicted octanol–water partition coefficient (Wildman–Crippen LogP) is -2.75. The van der Waals surface area contributed by atoms with Crippen LogP contribution in [0.3, 0.4) is 0 Å². The Kier molecular flexibility index (Phi) is 12.7. The van der Waals surface area contributed by atoms with E-state index in [0.717, 1.165) is 0 Å². The topological polar surface area (TPSA) is 230 Å². The fourth-order valence-electron chi connectivity index (χ4n) is 2.41.